The molecule has 0 fully saturated rings. The number of para-hydroxylation sites is 1. The molecule has 2 N–H and O–H groups in total. The Hall–Kier alpha value is -3.06. The van der Waals surface area contributed by atoms with Crippen LogP contribution in [0.2, 0.25) is 0 Å². The molecule has 2 aromatic carbocycles. The molecule has 0 aromatic heterocycles. The van der Waals surface area contributed by atoms with Gasteiger partial charge >= 0.3 is 12.1 Å². The van der Waals surface area contributed by atoms with Crippen molar-refractivity contribution in [1.82, 2.24) is 0 Å². The van der Waals surface area contributed by atoms with E-state index in [9.17, 15) is 14.7 Å². The first-order valence-corrected chi connectivity index (χ1v) is 10.3. The van der Waals surface area contributed by atoms with E-state index in [1.807, 2.05) is 69.3 Å². The summed E-state index contributed by atoms with van der Waals surface area (Å²) in [5.41, 5.74) is 1.85. The molecule has 2 rings (SSSR count). The Morgan fingerprint density at radius 3 is 2.52 bits per heavy atom. The summed E-state index contributed by atoms with van der Waals surface area (Å²) < 4.78 is 16.5. The number of nitrogens with one attached hydrogen (secondary N) is 1. The Morgan fingerprint density at radius 2 is 1.84 bits per heavy atom. The molecule has 168 valence electrons. The summed E-state index contributed by atoms with van der Waals surface area (Å²) in [6.07, 6.45) is -0.544. The predicted molar refractivity (Wildman–Crippen MR) is 119 cm³/mol. The molecule has 0 heterocycles. The maximum Gasteiger partial charge on any atom is 0.412 e. The van der Waals surface area contributed by atoms with Crippen LogP contribution < -0.4 is 10.1 Å². The number of hydrogen-bond acceptors (Lipinski definition) is 5. The molecule has 1 amide bonds. The van der Waals surface area contributed by atoms with E-state index in [-0.39, 0.29) is 6.42 Å². The molecule has 2 aromatic rings. The summed E-state index contributed by atoms with van der Waals surface area (Å²) in [5.74, 6) is -0.335. The highest BCUT2D eigenvalue weighted by Crippen LogP contribution is 2.20. The smallest absolute Gasteiger partial charge is 0.412 e. The van der Waals surface area contributed by atoms with Crippen molar-refractivity contribution >= 4 is 17.7 Å². The van der Waals surface area contributed by atoms with Crippen LogP contribution in [0.4, 0.5) is 10.5 Å². The van der Waals surface area contributed by atoms with Gasteiger partial charge in [-0.25, -0.2) is 9.59 Å². The molecule has 7 nitrogen and oxygen atoms in total. The Labute approximate surface area is 183 Å². The van der Waals surface area contributed by atoms with Crippen LogP contribution in [0.25, 0.3) is 0 Å². The number of aliphatic carboxylic acids is 1. The number of amides is 1. The van der Waals surface area contributed by atoms with Crippen molar-refractivity contribution in [3.63, 3.8) is 0 Å². The maximum absolute atomic E-state index is 12.1. The molecule has 0 saturated carbocycles. The minimum Gasteiger partial charge on any atom is -0.493 e. The number of rotatable bonds is 10. The molecule has 0 radical (unpaired) electrons. The van der Waals surface area contributed by atoms with Crippen LogP contribution in [0.3, 0.4) is 0 Å². The van der Waals surface area contributed by atoms with Crippen molar-refractivity contribution in [3.8, 4) is 5.75 Å². The molecular formula is C24H31NO6. The zero-order chi connectivity index (χ0) is 22.9. The molecule has 0 aliphatic rings. The minimum absolute atomic E-state index is 0.267. The predicted octanol–water partition coefficient (Wildman–Crippen LogP) is 4.69. The zero-order valence-electron chi connectivity index (χ0n) is 18.5. The van der Waals surface area contributed by atoms with Gasteiger partial charge in [-0.3, -0.25) is 5.32 Å². The third-order valence-corrected chi connectivity index (χ3v) is 4.26. The van der Waals surface area contributed by atoms with Gasteiger partial charge in [0.15, 0.2) is 6.10 Å². The van der Waals surface area contributed by atoms with E-state index in [0.29, 0.717) is 31.1 Å². The van der Waals surface area contributed by atoms with Crippen molar-refractivity contribution in [2.75, 3.05) is 18.5 Å². The van der Waals surface area contributed by atoms with Crippen LogP contribution in [0.1, 0.15) is 38.8 Å². The highest BCUT2D eigenvalue weighted by molar-refractivity contribution is 5.85. The van der Waals surface area contributed by atoms with Gasteiger partial charge in [-0.05, 0) is 57.0 Å². The van der Waals surface area contributed by atoms with Gasteiger partial charge in [0.2, 0.25) is 0 Å². The van der Waals surface area contributed by atoms with Crippen molar-refractivity contribution in [1.29, 1.82) is 0 Å². The van der Waals surface area contributed by atoms with Crippen molar-refractivity contribution < 1.29 is 28.9 Å². The normalized spacial score (nSPS) is 12.1. The van der Waals surface area contributed by atoms with Crippen LogP contribution in [-0.2, 0) is 27.1 Å². The van der Waals surface area contributed by atoms with E-state index in [4.69, 9.17) is 14.2 Å². The van der Waals surface area contributed by atoms with Gasteiger partial charge in [-0.2, -0.15) is 0 Å². The molecule has 0 saturated heterocycles. The molecule has 0 bridgehead atoms. The highest BCUT2D eigenvalue weighted by Gasteiger charge is 2.19. The average Bonchev–Trinajstić information content (AvgIpc) is 2.68. The van der Waals surface area contributed by atoms with Gasteiger partial charge in [-0.15, -0.1) is 0 Å². The molecule has 7 heteroatoms. The first-order valence-electron chi connectivity index (χ1n) is 10.3. The van der Waals surface area contributed by atoms with Gasteiger partial charge < -0.3 is 19.3 Å². The monoisotopic (exact) mass is 429 g/mol. The lowest BCUT2D eigenvalue weighted by Gasteiger charge is -2.20. The second-order valence-corrected chi connectivity index (χ2v) is 8.02. The number of benzene rings is 2. The fourth-order valence-corrected chi connectivity index (χ4v) is 2.95. The van der Waals surface area contributed by atoms with Crippen LogP contribution in [-0.4, -0.2) is 42.1 Å². The molecule has 0 spiro atoms. The third kappa shape index (κ3) is 8.68. The molecule has 1 atom stereocenters. The molecular weight excluding hydrogens is 398 g/mol. The number of carboxylic acid groups (broad SMARTS) is 1. The lowest BCUT2D eigenvalue weighted by Crippen LogP contribution is -2.27. The van der Waals surface area contributed by atoms with Gasteiger partial charge in [0.05, 0.1) is 6.61 Å². The summed E-state index contributed by atoms with van der Waals surface area (Å²) >= 11 is 0. The average molecular weight is 430 g/mol. The first-order chi connectivity index (χ1) is 14.7. The Kier molecular flexibility index (Phi) is 8.88. The van der Waals surface area contributed by atoms with E-state index < -0.39 is 23.8 Å². The van der Waals surface area contributed by atoms with Crippen LogP contribution in [0.15, 0.2) is 48.5 Å². The van der Waals surface area contributed by atoms with Crippen LogP contribution in [0, 0.1) is 0 Å². The minimum atomic E-state index is -0.984. The van der Waals surface area contributed by atoms with Gasteiger partial charge in [0, 0.05) is 25.1 Å². The van der Waals surface area contributed by atoms with Gasteiger partial charge in [0.25, 0.3) is 0 Å². The standard InChI is InChI=1S/C24H31NO6/c1-5-29-21(22(26)27)16-17-9-8-11-19(15-17)30-14-13-18-10-6-7-12-20(18)25-23(28)31-24(2,3)4/h6-12,15,21H,5,13-14,16H2,1-4H3,(H,25,28)(H,26,27). The quantitative estimate of drug-likeness (QED) is 0.569. The van der Waals surface area contributed by atoms with Crippen LogP contribution in [0.5, 0.6) is 5.75 Å². The highest BCUT2D eigenvalue weighted by atomic mass is 16.6. The summed E-state index contributed by atoms with van der Waals surface area (Å²) in [4.78, 5) is 23.4. The number of carbonyl (C=O) groups is 2. The Balaban J connectivity index is 1.95. The van der Waals surface area contributed by atoms with Gasteiger partial charge in [0.1, 0.15) is 11.4 Å². The van der Waals surface area contributed by atoms with E-state index in [0.717, 1.165) is 11.1 Å². The second-order valence-electron chi connectivity index (χ2n) is 8.02. The second kappa shape index (κ2) is 11.4. The van der Waals surface area contributed by atoms with Gasteiger partial charge in [-0.1, -0.05) is 30.3 Å². The van der Waals surface area contributed by atoms with Crippen molar-refractivity contribution in [2.45, 2.75) is 52.2 Å². The van der Waals surface area contributed by atoms with Crippen LogP contribution >= 0.6 is 0 Å². The summed E-state index contributed by atoms with van der Waals surface area (Å²) in [6.45, 7) is 7.94. The fraction of sp³-hybridized carbons (Fsp3) is 0.417. The SMILES string of the molecule is CCOC(Cc1cccc(OCCc2ccccc2NC(=O)OC(C)(C)C)c1)C(=O)O. The summed E-state index contributed by atoms with van der Waals surface area (Å²) in [7, 11) is 0. The van der Waals surface area contributed by atoms with E-state index in [2.05, 4.69) is 5.32 Å². The number of ether oxygens (including phenoxy) is 3. The number of carboxylic acids is 1. The fourth-order valence-electron chi connectivity index (χ4n) is 2.95. The van der Waals surface area contributed by atoms with Crippen molar-refractivity contribution in [3.05, 3.63) is 59.7 Å². The molecule has 0 aliphatic heterocycles. The largest absolute Gasteiger partial charge is 0.493 e. The maximum atomic E-state index is 12.1. The Morgan fingerprint density at radius 1 is 1.10 bits per heavy atom. The number of carbonyl (C=O) groups excluding carboxylic acids is 1. The van der Waals surface area contributed by atoms with E-state index in [1.165, 1.54) is 0 Å². The zero-order valence-corrected chi connectivity index (χ0v) is 18.5. The number of hydrogen-bond donors (Lipinski definition) is 2. The molecule has 1 unspecified atom stereocenters. The summed E-state index contributed by atoms with van der Waals surface area (Å²) in [6, 6.07) is 14.8. The van der Waals surface area contributed by atoms with E-state index in [1.54, 1.807) is 6.92 Å². The lowest BCUT2D eigenvalue weighted by molar-refractivity contribution is -0.149. The Bertz CT molecular complexity index is 874. The topological polar surface area (TPSA) is 94.1 Å². The summed E-state index contributed by atoms with van der Waals surface area (Å²) in [5, 5.41) is 12.0. The first kappa shape index (κ1) is 24.2. The van der Waals surface area contributed by atoms with Crippen molar-refractivity contribution in [2.24, 2.45) is 0 Å². The molecule has 0 aliphatic carbocycles. The third-order valence-electron chi connectivity index (χ3n) is 4.26. The molecule has 31 heavy (non-hydrogen) atoms. The number of anilines is 1. The lowest BCUT2D eigenvalue weighted by atomic mass is 10.1. The van der Waals surface area contributed by atoms with E-state index >= 15 is 0 Å².